The molecule has 0 rings (SSSR count). The van der Waals surface area contributed by atoms with Gasteiger partial charge in [0.1, 0.15) is 5.76 Å². The normalized spacial score (nSPS) is 18.0. The van der Waals surface area contributed by atoms with Crippen LogP contribution in [0.1, 0.15) is 40.5 Å². The molecule has 0 radical (unpaired) electrons. The van der Waals surface area contributed by atoms with Crippen LogP contribution in [0.5, 0.6) is 0 Å². The minimum absolute atomic E-state index is 0.0846. The van der Waals surface area contributed by atoms with E-state index in [2.05, 4.69) is 51.6 Å². The topological polar surface area (TPSA) is 35.5 Å². The fourth-order valence-electron chi connectivity index (χ4n) is 2.43. The molecule has 0 heterocycles. The van der Waals surface area contributed by atoms with Gasteiger partial charge in [-0.25, -0.2) is 0 Å². The molecule has 0 amide bonds. The molecule has 0 aromatic carbocycles. The van der Waals surface area contributed by atoms with Gasteiger partial charge in [-0.05, 0) is 42.6 Å². The molecule has 0 aliphatic heterocycles. The van der Waals surface area contributed by atoms with E-state index in [0.29, 0.717) is 18.1 Å². The fraction of sp³-hybridized carbons (Fsp3) is 0.429. The zero-order chi connectivity index (χ0) is 19.3. The van der Waals surface area contributed by atoms with Gasteiger partial charge in [0.25, 0.3) is 6.47 Å². The Kier molecular flexibility index (Phi) is 11.7. The number of hydrogen-bond donors (Lipinski definition) is 0. The Morgan fingerprint density at radius 3 is 2.56 bits per heavy atom. The zero-order valence-corrected chi connectivity index (χ0v) is 17.2. The first kappa shape index (κ1) is 23.3. The molecule has 0 fully saturated rings. The molecule has 0 spiro atoms. The number of ether oxygens (including phenoxy) is 2. The summed E-state index contributed by atoms with van der Waals surface area (Å²) in [7, 11) is 0.718. The summed E-state index contributed by atoms with van der Waals surface area (Å²) in [5.74, 6) is 3.99. The maximum Gasteiger partial charge on any atom is 0.298 e. The van der Waals surface area contributed by atoms with E-state index >= 15 is 0 Å². The van der Waals surface area contributed by atoms with Crippen LogP contribution in [0.25, 0.3) is 0 Å². The highest BCUT2D eigenvalue weighted by molar-refractivity contribution is 7.60. The van der Waals surface area contributed by atoms with Crippen LogP contribution in [0.3, 0.4) is 0 Å². The first-order valence-electron chi connectivity index (χ1n) is 8.55. The Balaban J connectivity index is 5.19. The Bertz CT molecular complexity index is 570. The summed E-state index contributed by atoms with van der Waals surface area (Å²) >= 11 is 0. The largest absolute Gasteiger partial charge is 0.501 e. The van der Waals surface area contributed by atoms with Gasteiger partial charge in [-0.2, -0.15) is 0 Å². The summed E-state index contributed by atoms with van der Waals surface area (Å²) in [5, 5.41) is 0.0846. The van der Waals surface area contributed by atoms with E-state index in [1.165, 1.54) is 0 Å². The predicted molar refractivity (Wildman–Crippen MR) is 112 cm³/mol. The van der Waals surface area contributed by atoms with E-state index in [0.717, 1.165) is 18.6 Å². The van der Waals surface area contributed by atoms with Crippen molar-refractivity contribution in [3.05, 3.63) is 60.4 Å². The van der Waals surface area contributed by atoms with Crippen molar-refractivity contribution >= 4 is 20.3 Å². The molecule has 3 unspecified atom stereocenters. The minimum Gasteiger partial charge on any atom is -0.501 e. The van der Waals surface area contributed by atoms with Crippen molar-refractivity contribution < 1.29 is 14.3 Å². The van der Waals surface area contributed by atoms with Crippen LogP contribution in [-0.4, -0.2) is 25.0 Å². The lowest BCUT2D eigenvalue weighted by molar-refractivity contribution is -0.124. The highest BCUT2D eigenvalue weighted by Crippen LogP contribution is 2.48. The SMILES string of the molecule is C=C/C=C(\C=C/C(C)C(C)(CC)[PH](=C)/C=C\C/C(=C\C)OC)OC=O. The molecule has 25 heavy (non-hydrogen) atoms. The molecule has 0 aromatic heterocycles. The van der Waals surface area contributed by atoms with Gasteiger partial charge in [-0.15, -0.1) is 0 Å². The van der Waals surface area contributed by atoms with Crippen molar-refractivity contribution in [1.29, 1.82) is 0 Å². The molecule has 0 aliphatic carbocycles. The molecule has 0 aliphatic rings. The van der Waals surface area contributed by atoms with Crippen LogP contribution in [0.15, 0.2) is 60.4 Å². The van der Waals surface area contributed by atoms with Gasteiger partial charge in [0, 0.05) is 6.42 Å². The molecular weight excluding hydrogens is 331 g/mol. The summed E-state index contributed by atoms with van der Waals surface area (Å²) in [6.45, 7) is 12.7. The van der Waals surface area contributed by atoms with Gasteiger partial charge in [-0.1, -0.05) is 65.2 Å². The lowest BCUT2D eigenvalue weighted by atomic mass is 9.92. The van der Waals surface area contributed by atoms with Crippen LogP contribution in [0.4, 0.5) is 0 Å². The highest BCUT2D eigenvalue weighted by atomic mass is 31.1. The van der Waals surface area contributed by atoms with Crippen molar-refractivity contribution in [1.82, 2.24) is 0 Å². The first-order chi connectivity index (χ1) is 11.9. The average Bonchev–Trinajstić information content (AvgIpc) is 2.62. The van der Waals surface area contributed by atoms with Crippen LogP contribution in [0.2, 0.25) is 0 Å². The summed E-state index contributed by atoms with van der Waals surface area (Å²) in [6, 6.07) is 0. The maximum atomic E-state index is 10.6. The number of allylic oxidation sites excluding steroid dienone is 6. The number of carbonyl (C=O) groups is 1. The third kappa shape index (κ3) is 7.79. The van der Waals surface area contributed by atoms with Crippen LogP contribution >= 0.6 is 7.55 Å². The van der Waals surface area contributed by atoms with Gasteiger partial charge in [0.05, 0.1) is 12.9 Å². The summed E-state index contributed by atoms with van der Waals surface area (Å²) in [6.07, 6.45) is 17.6. The molecule has 0 aromatic rings. The molecule has 0 saturated carbocycles. The number of rotatable bonds is 12. The van der Waals surface area contributed by atoms with Gasteiger partial charge >= 0.3 is 0 Å². The van der Waals surface area contributed by atoms with E-state index in [-0.39, 0.29) is 5.16 Å². The van der Waals surface area contributed by atoms with Gasteiger partial charge in [0.15, 0.2) is 0 Å². The summed E-state index contributed by atoms with van der Waals surface area (Å²) in [5.41, 5.74) is 0. The van der Waals surface area contributed by atoms with Gasteiger partial charge in [0.2, 0.25) is 0 Å². The second-order valence-electron chi connectivity index (χ2n) is 6.03. The van der Waals surface area contributed by atoms with E-state index in [4.69, 9.17) is 9.47 Å². The molecule has 140 valence electrons. The van der Waals surface area contributed by atoms with E-state index in [9.17, 15) is 4.79 Å². The fourth-order valence-corrected chi connectivity index (χ4v) is 4.34. The quantitative estimate of drug-likeness (QED) is 0.193. The Hall–Kier alpha value is -1.73. The highest BCUT2D eigenvalue weighted by Gasteiger charge is 2.28. The molecule has 3 atom stereocenters. The molecular formula is C21H33O3P. The lowest BCUT2D eigenvalue weighted by Crippen LogP contribution is -2.26. The van der Waals surface area contributed by atoms with Crippen LogP contribution < -0.4 is 0 Å². The standard InChI is InChI=1S/C21H33O3P/c1-8-12-20(24-17-22)15-14-18(4)21(5,10-3)25(7)16-11-13-19(9-2)23-6/h8-9,11-12,14-18,25H,1,7,10,13H2,2-6H3/b15-14-,16-11-,19-9+,20-12+. The third-order valence-corrected chi connectivity index (χ3v) is 7.62. The molecule has 0 bridgehead atoms. The molecule has 3 nitrogen and oxygen atoms in total. The van der Waals surface area contributed by atoms with Crippen LogP contribution in [-0.2, 0) is 14.3 Å². The number of carbonyl (C=O) groups excluding carboxylic acids is 1. The van der Waals surface area contributed by atoms with Crippen molar-refractivity contribution in [3.8, 4) is 0 Å². The van der Waals surface area contributed by atoms with Crippen molar-refractivity contribution in [2.24, 2.45) is 5.92 Å². The number of methoxy groups -OCH3 is 1. The summed E-state index contributed by atoms with van der Waals surface area (Å²) in [4.78, 5) is 10.6. The second-order valence-corrected chi connectivity index (χ2v) is 8.55. The van der Waals surface area contributed by atoms with E-state index in [1.54, 1.807) is 19.3 Å². The predicted octanol–water partition coefficient (Wildman–Crippen LogP) is 5.69. The summed E-state index contributed by atoms with van der Waals surface area (Å²) < 4.78 is 10.2. The second kappa shape index (κ2) is 12.6. The Morgan fingerprint density at radius 1 is 1.40 bits per heavy atom. The smallest absolute Gasteiger partial charge is 0.298 e. The monoisotopic (exact) mass is 364 g/mol. The Labute approximate surface area is 154 Å². The van der Waals surface area contributed by atoms with Crippen molar-refractivity contribution in [2.45, 2.75) is 45.7 Å². The molecule has 0 N–H and O–H groups in total. The lowest BCUT2D eigenvalue weighted by Gasteiger charge is -2.35. The van der Waals surface area contributed by atoms with E-state index < -0.39 is 7.55 Å². The average molecular weight is 364 g/mol. The first-order valence-corrected chi connectivity index (χ1v) is 10.3. The maximum absolute atomic E-state index is 10.6. The Morgan fingerprint density at radius 2 is 2.08 bits per heavy atom. The third-order valence-electron chi connectivity index (χ3n) is 4.71. The molecule has 4 heteroatoms. The molecule has 0 saturated heterocycles. The van der Waals surface area contributed by atoms with Gasteiger partial charge in [-0.3, -0.25) is 4.79 Å². The van der Waals surface area contributed by atoms with Crippen LogP contribution in [0, 0.1) is 5.92 Å². The zero-order valence-electron chi connectivity index (χ0n) is 16.2. The van der Waals surface area contributed by atoms with Gasteiger partial charge < -0.3 is 9.47 Å². The van der Waals surface area contributed by atoms with E-state index in [1.807, 2.05) is 19.1 Å². The number of hydrogen-bond acceptors (Lipinski definition) is 3. The van der Waals surface area contributed by atoms with Crippen molar-refractivity contribution in [3.63, 3.8) is 0 Å². The minimum atomic E-state index is -0.974. The van der Waals surface area contributed by atoms with Crippen molar-refractivity contribution in [2.75, 3.05) is 7.11 Å².